The molecule has 0 N–H and O–H groups in total. The van der Waals surface area contributed by atoms with Gasteiger partial charge in [-0.15, -0.1) is 0 Å². The summed E-state index contributed by atoms with van der Waals surface area (Å²) < 4.78 is 76.1. The molecule has 0 fully saturated rings. The minimum Gasteiger partial charge on any atom is -0.166 e. The first-order valence-corrected chi connectivity index (χ1v) is 8.08. The Kier molecular flexibility index (Phi) is 4.95. The molecule has 7 heteroatoms. The summed E-state index contributed by atoms with van der Waals surface area (Å²) in [7, 11) is 0. The second-order valence-corrected chi connectivity index (χ2v) is 6.32. The summed E-state index contributed by atoms with van der Waals surface area (Å²) in [6, 6.07) is 14.0. The Balaban J connectivity index is 1.97. The SMILES string of the molecule is FC(F)(F)c1ccc(-c2cc(Cl)cc(-c3ccc(C(F)(F)F)cc3)c2)cc1. The topological polar surface area (TPSA) is 0 Å². The molecule has 0 nitrogen and oxygen atoms in total. The molecule has 0 spiro atoms. The highest BCUT2D eigenvalue weighted by atomic mass is 35.5. The summed E-state index contributed by atoms with van der Waals surface area (Å²) in [4.78, 5) is 0. The van der Waals surface area contributed by atoms with Crippen molar-refractivity contribution in [3.05, 3.63) is 82.9 Å². The van der Waals surface area contributed by atoms with Gasteiger partial charge in [0.2, 0.25) is 0 Å². The molecule has 3 aromatic carbocycles. The van der Waals surface area contributed by atoms with E-state index in [2.05, 4.69) is 0 Å². The molecular formula is C20H11ClF6. The molecule has 27 heavy (non-hydrogen) atoms. The van der Waals surface area contributed by atoms with Crippen LogP contribution in [0.2, 0.25) is 5.02 Å². The quantitative estimate of drug-likeness (QED) is 0.386. The lowest BCUT2D eigenvalue weighted by atomic mass is 9.97. The van der Waals surface area contributed by atoms with Crippen molar-refractivity contribution in [1.82, 2.24) is 0 Å². The van der Waals surface area contributed by atoms with Crippen molar-refractivity contribution in [2.24, 2.45) is 0 Å². The molecule has 0 saturated heterocycles. The van der Waals surface area contributed by atoms with Crippen LogP contribution in [0, 0.1) is 0 Å². The van der Waals surface area contributed by atoms with Gasteiger partial charge >= 0.3 is 12.4 Å². The van der Waals surface area contributed by atoms with Gasteiger partial charge in [0, 0.05) is 5.02 Å². The zero-order valence-corrected chi connectivity index (χ0v) is 14.3. The number of hydrogen-bond donors (Lipinski definition) is 0. The first-order chi connectivity index (χ1) is 12.5. The van der Waals surface area contributed by atoms with Crippen LogP contribution in [0.5, 0.6) is 0 Å². The molecule has 3 rings (SSSR count). The van der Waals surface area contributed by atoms with Crippen LogP contribution in [0.4, 0.5) is 26.3 Å². The van der Waals surface area contributed by atoms with E-state index in [9.17, 15) is 26.3 Å². The van der Waals surface area contributed by atoms with Crippen LogP contribution < -0.4 is 0 Å². The zero-order chi connectivity index (χ0) is 19.8. The van der Waals surface area contributed by atoms with Gasteiger partial charge in [-0.3, -0.25) is 0 Å². The Morgan fingerprint density at radius 1 is 0.481 bits per heavy atom. The molecule has 140 valence electrons. The molecule has 0 radical (unpaired) electrons. The number of alkyl halides is 6. The van der Waals surface area contributed by atoms with Crippen LogP contribution in [0.3, 0.4) is 0 Å². The third kappa shape index (κ3) is 4.45. The number of benzene rings is 3. The average molecular weight is 401 g/mol. The highest BCUT2D eigenvalue weighted by Crippen LogP contribution is 2.35. The fraction of sp³-hybridized carbons (Fsp3) is 0.100. The predicted molar refractivity (Wildman–Crippen MR) is 92.3 cm³/mol. The Morgan fingerprint density at radius 2 is 0.815 bits per heavy atom. The maximum absolute atomic E-state index is 12.7. The lowest BCUT2D eigenvalue weighted by Gasteiger charge is -2.11. The largest absolute Gasteiger partial charge is 0.416 e. The third-order valence-electron chi connectivity index (χ3n) is 3.99. The van der Waals surface area contributed by atoms with Gasteiger partial charge in [-0.05, 0) is 64.7 Å². The molecule has 0 heterocycles. The summed E-state index contributed by atoms with van der Waals surface area (Å²) in [5.74, 6) is 0. The molecular weight excluding hydrogens is 390 g/mol. The average Bonchev–Trinajstić information content (AvgIpc) is 2.60. The van der Waals surface area contributed by atoms with Crippen LogP contribution in [-0.4, -0.2) is 0 Å². The van der Waals surface area contributed by atoms with Crippen molar-refractivity contribution in [3.63, 3.8) is 0 Å². The molecule has 0 unspecified atom stereocenters. The smallest absolute Gasteiger partial charge is 0.166 e. The van der Waals surface area contributed by atoms with E-state index in [4.69, 9.17) is 11.6 Å². The first-order valence-electron chi connectivity index (χ1n) is 7.70. The Bertz CT molecular complexity index is 862. The van der Waals surface area contributed by atoms with Crippen molar-refractivity contribution < 1.29 is 26.3 Å². The van der Waals surface area contributed by atoms with E-state index in [-0.39, 0.29) is 0 Å². The highest BCUT2D eigenvalue weighted by Gasteiger charge is 2.30. The number of hydrogen-bond acceptors (Lipinski definition) is 0. The molecule has 0 saturated carbocycles. The van der Waals surface area contributed by atoms with E-state index in [0.717, 1.165) is 24.3 Å². The second-order valence-electron chi connectivity index (χ2n) is 5.88. The van der Waals surface area contributed by atoms with E-state index < -0.39 is 23.5 Å². The summed E-state index contributed by atoms with van der Waals surface area (Å²) in [5, 5.41) is 0.322. The van der Waals surface area contributed by atoms with E-state index >= 15 is 0 Å². The molecule has 0 aliphatic rings. The van der Waals surface area contributed by atoms with E-state index in [1.165, 1.54) is 24.3 Å². The first kappa shape index (κ1) is 19.3. The molecule has 0 aliphatic carbocycles. The van der Waals surface area contributed by atoms with Gasteiger partial charge in [-0.1, -0.05) is 35.9 Å². The Labute approximate surface area is 156 Å². The molecule has 0 atom stereocenters. The summed E-state index contributed by atoms with van der Waals surface area (Å²) in [6.07, 6.45) is -8.86. The summed E-state index contributed by atoms with van der Waals surface area (Å²) in [6.45, 7) is 0. The van der Waals surface area contributed by atoms with Crippen LogP contribution in [0.25, 0.3) is 22.3 Å². The van der Waals surface area contributed by atoms with Gasteiger partial charge in [0.15, 0.2) is 0 Å². The van der Waals surface area contributed by atoms with E-state index in [1.54, 1.807) is 18.2 Å². The normalized spacial score (nSPS) is 12.3. The van der Waals surface area contributed by atoms with Gasteiger partial charge in [-0.2, -0.15) is 26.3 Å². The monoisotopic (exact) mass is 400 g/mol. The maximum atomic E-state index is 12.7. The van der Waals surface area contributed by atoms with Gasteiger partial charge in [0.1, 0.15) is 0 Å². The van der Waals surface area contributed by atoms with Gasteiger partial charge in [0.25, 0.3) is 0 Å². The van der Waals surface area contributed by atoms with Crippen LogP contribution in [0.1, 0.15) is 11.1 Å². The molecule has 0 aromatic heterocycles. The van der Waals surface area contributed by atoms with E-state index in [1.807, 2.05) is 0 Å². The summed E-state index contributed by atoms with van der Waals surface area (Å²) >= 11 is 6.10. The molecule has 0 aliphatic heterocycles. The lowest BCUT2D eigenvalue weighted by Crippen LogP contribution is -2.04. The van der Waals surface area contributed by atoms with Crippen molar-refractivity contribution >= 4 is 11.6 Å². The fourth-order valence-electron chi connectivity index (χ4n) is 2.63. The lowest BCUT2D eigenvalue weighted by molar-refractivity contribution is -0.138. The predicted octanol–water partition coefficient (Wildman–Crippen LogP) is 7.71. The van der Waals surface area contributed by atoms with Crippen molar-refractivity contribution in [3.8, 4) is 22.3 Å². The van der Waals surface area contributed by atoms with Crippen LogP contribution in [0.15, 0.2) is 66.7 Å². The van der Waals surface area contributed by atoms with Gasteiger partial charge in [-0.25, -0.2) is 0 Å². The highest BCUT2D eigenvalue weighted by molar-refractivity contribution is 6.31. The van der Waals surface area contributed by atoms with Crippen molar-refractivity contribution in [2.45, 2.75) is 12.4 Å². The minimum atomic E-state index is -4.43. The van der Waals surface area contributed by atoms with Gasteiger partial charge < -0.3 is 0 Å². The Morgan fingerprint density at radius 3 is 1.11 bits per heavy atom. The molecule has 0 amide bonds. The standard InChI is InChI=1S/C20H11ClF6/c21-18-10-14(12-1-5-16(6-2-12)19(22,23)24)9-15(11-18)13-3-7-17(8-4-13)20(25,26)27/h1-11H. The third-order valence-corrected chi connectivity index (χ3v) is 4.21. The second kappa shape index (κ2) is 6.93. The van der Waals surface area contributed by atoms with Crippen LogP contribution >= 0.6 is 11.6 Å². The molecule has 3 aromatic rings. The van der Waals surface area contributed by atoms with Gasteiger partial charge in [0.05, 0.1) is 11.1 Å². The summed E-state index contributed by atoms with van der Waals surface area (Å²) in [5.41, 5.74) is 0.613. The minimum absolute atomic E-state index is 0.322. The van der Waals surface area contributed by atoms with Crippen LogP contribution in [-0.2, 0) is 12.4 Å². The fourth-order valence-corrected chi connectivity index (χ4v) is 2.86. The van der Waals surface area contributed by atoms with Crippen molar-refractivity contribution in [2.75, 3.05) is 0 Å². The molecule has 0 bridgehead atoms. The van der Waals surface area contributed by atoms with Crippen molar-refractivity contribution in [1.29, 1.82) is 0 Å². The Hall–Kier alpha value is -2.47. The zero-order valence-electron chi connectivity index (χ0n) is 13.5. The maximum Gasteiger partial charge on any atom is 0.416 e. The van der Waals surface area contributed by atoms with E-state index in [0.29, 0.717) is 27.3 Å². The number of rotatable bonds is 2. The number of halogens is 7.